The maximum atomic E-state index is 12.9. The predicted molar refractivity (Wildman–Crippen MR) is 87.5 cm³/mol. The molecule has 1 aromatic heterocycles. The van der Waals surface area contributed by atoms with Crippen LogP contribution in [0.4, 0.5) is 0 Å². The quantitative estimate of drug-likeness (QED) is 0.772. The standard InChI is InChI=1S/C15H23N5O3S/c1-18(9-11-7-17-20-5-4-16-8-14(11)20)24(22,23)13-6-15(21)19(10-13)12-2-3-12/h7,12-13,16H,2-6,8-10H2,1H3. The Kier molecular flexibility index (Phi) is 3.89. The zero-order chi connectivity index (χ0) is 16.9. The number of fused-ring (bicyclic) bond motifs is 1. The number of likely N-dealkylation sites (tertiary alicyclic amines) is 1. The van der Waals surface area contributed by atoms with Gasteiger partial charge in [0.1, 0.15) is 5.25 Å². The van der Waals surface area contributed by atoms with Crippen LogP contribution in [0.15, 0.2) is 6.20 Å². The lowest BCUT2D eigenvalue weighted by atomic mass is 10.2. The molecule has 1 aliphatic carbocycles. The molecule has 2 aliphatic heterocycles. The Morgan fingerprint density at radius 3 is 2.96 bits per heavy atom. The van der Waals surface area contributed by atoms with Crippen LogP contribution in [-0.2, 0) is 34.5 Å². The Morgan fingerprint density at radius 1 is 1.42 bits per heavy atom. The van der Waals surface area contributed by atoms with Gasteiger partial charge in [-0.2, -0.15) is 5.10 Å². The van der Waals surface area contributed by atoms with Gasteiger partial charge in [-0.3, -0.25) is 9.48 Å². The first kappa shape index (κ1) is 16.0. The Balaban J connectivity index is 1.48. The van der Waals surface area contributed by atoms with Crippen LogP contribution in [0.25, 0.3) is 0 Å². The number of aromatic nitrogens is 2. The molecule has 1 aromatic rings. The first-order valence-corrected chi connectivity index (χ1v) is 9.96. The average molecular weight is 353 g/mol. The van der Waals surface area contributed by atoms with E-state index in [1.54, 1.807) is 18.1 Å². The molecule has 1 N–H and O–H groups in total. The molecule has 1 atom stereocenters. The van der Waals surface area contributed by atoms with Crippen LogP contribution in [0.3, 0.4) is 0 Å². The van der Waals surface area contributed by atoms with Gasteiger partial charge < -0.3 is 10.2 Å². The summed E-state index contributed by atoms with van der Waals surface area (Å²) in [4.78, 5) is 13.8. The highest BCUT2D eigenvalue weighted by Crippen LogP contribution is 2.33. The van der Waals surface area contributed by atoms with E-state index in [2.05, 4.69) is 10.4 Å². The zero-order valence-corrected chi connectivity index (χ0v) is 14.6. The summed E-state index contributed by atoms with van der Waals surface area (Å²) in [7, 11) is -1.90. The minimum atomic E-state index is -3.50. The molecule has 24 heavy (non-hydrogen) atoms. The summed E-state index contributed by atoms with van der Waals surface area (Å²) in [6.07, 6.45) is 3.87. The third kappa shape index (κ3) is 2.74. The summed E-state index contributed by atoms with van der Waals surface area (Å²) in [5.41, 5.74) is 1.97. The minimum Gasteiger partial charge on any atom is -0.338 e. The molecule has 0 aromatic carbocycles. The Labute approximate surface area is 141 Å². The summed E-state index contributed by atoms with van der Waals surface area (Å²) in [6, 6.07) is 0.275. The molecule has 3 aliphatic rings. The van der Waals surface area contributed by atoms with Crippen molar-refractivity contribution in [2.24, 2.45) is 0 Å². The fraction of sp³-hybridized carbons (Fsp3) is 0.733. The van der Waals surface area contributed by atoms with Crippen LogP contribution in [0.1, 0.15) is 30.5 Å². The first-order chi connectivity index (χ1) is 11.5. The van der Waals surface area contributed by atoms with E-state index in [-0.39, 0.29) is 18.4 Å². The highest BCUT2D eigenvalue weighted by molar-refractivity contribution is 7.89. The minimum absolute atomic E-state index is 0.0217. The van der Waals surface area contributed by atoms with Crippen molar-refractivity contribution in [3.63, 3.8) is 0 Å². The molecule has 3 heterocycles. The van der Waals surface area contributed by atoms with E-state index in [0.29, 0.717) is 19.6 Å². The normalized spacial score (nSPS) is 24.7. The van der Waals surface area contributed by atoms with Crippen molar-refractivity contribution >= 4 is 15.9 Å². The number of hydrogen-bond acceptors (Lipinski definition) is 5. The molecular formula is C15H23N5O3S. The topological polar surface area (TPSA) is 87.5 Å². The number of amides is 1. The molecule has 0 spiro atoms. The molecule has 9 heteroatoms. The van der Waals surface area contributed by atoms with Crippen LogP contribution < -0.4 is 5.32 Å². The number of hydrogen-bond donors (Lipinski definition) is 1. The molecule has 0 radical (unpaired) electrons. The van der Waals surface area contributed by atoms with Gasteiger partial charge in [0.2, 0.25) is 15.9 Å². The van der Waals surface area contributed by atoms with Gasteiger partial charge in [-0.25, -0.2) is 12.7 Å². The lowest BCUT2D eigenvalue weighted by molar-refractivity contribution is -0.128. The molecule has 132 valence electrons. The van der Waals surface area contributed by atoms with Crippen LogP contribution in [0, 0.1) is 0 Å². The van der Waals surface area contributed by atoms with Crippen molar-refractivity contribution in [1.82, 2.24) is 24.3 Å². The Hall–Kier alpha value is -1.45. The number of nitrogens with zero attached hydrogens (tertiary/aromatic N) is 4. The third-order valence-electron chi connectivity index (χ3n) is 5.19. The van der Waals surface area contributed by atoms with Crippen LogP contribution in [0.2, 0.25) is 0 Å². The average Bonchev–Trinajstić information content (AvgIpc) is 3.21. The smallest absolute Gasteiger partial charge is 0.224 e. The second-order valence-electron chi connectivity index (χ2n) is 6.92. The van der Waals surface area contributed by atoms with Crippen LogP contribution in [-0.4, -0.2) is 64.7 Å². The van der Waals surface area contributed by atoms with Gasteiger partial charge in [0.25, 0.3) is 0 Å². The van der Waals surface area contributed by atoms with Gasteiger partial charge in [0.05, 0.1) is 18.4 Å². The maximum Gasteiger partial charge on any atom is 0.224 e. The lowest BCUT2D eigenvalue weighted by Gasteiger charge is -2.23. The van der Waals surface area contributed by atoms with Gasteiger partial charge >= 0.3 is 0 Å². The van der Waals surface area contributed by atoms with E-state index in [1.165, 1.54) is 4.31 Å². The number of carbonyl (C=O) groups is 1. The molecule has 1 amide bonds. The van der Waals surface area contributed by atoms with Gasteiger partial charge in [-0.05, 0) is 12.8 Å². The molecule has 1 saturated carbocycles. The van der Waals surface area contributed by atoms with Crippen molar-refractivity contribution in [1.29, 1.82) is 0 Å². The van der Waals surface area contributed by atoms with Crippen LogP contribution in [0.5, 0.6) is 0 Å². The van der Waals surface area contributed by atoms with E-state index < -0.39 is 15.3 Å². The van der Waals surface area contributed by atoms with Gasteiger partial charge in [0.15, 0.2) is 0 Å². The summed E-state index contributed by atoms with van der Waals surface area (Å²) < 4.78 is 29.0. The predicted octanol–water partition coefficient (Wildman–Crippen LogP) is -0.489. The van der Waals surface area contributed by atoms with Crippen molar-refractivity contribution in [3.05, 3.63) is 17.5 Å². The monoisotopic (exact) mass is 353 g/mol. The first-order valence-electron chi connectivity index (χ1n) is 8.45. The number of rotatable bonds is 5. The molecule has 1 unspecified atom stereocenters. The third-order valence-corrected chi connectivity index (χ3v) is 7.34. The summed E-state index contributed by atoms with van der Waals surface area (Å²) in [5, 5.41) is 7.00. The fourth-order valence-electron chi connectivity index (χ4n) is 3.59. The number of carbonyl (C=O) groups excluding carboxylic acids is 1. The van der Waals surface area contributed by atoms with Gasteiger partial charge in [0, 0.05) is 51.3 Å². The summed E-state index contributed by atoms with van der Waals surface area (Å²) in [6.45, 7) is 3.03. The van der Waals surface area contributed by atoms with Crippen molar-refractivity contribution in [3.8, 4) is 0 Å². The largest absolute Gasteiger partial charge is 0.338 e. The van der Waals surface area contributed by atoms with Crippen LogP contribution >= 0.6 is 0 Å². The Bertz CT molecular complexity index is 755. The van der Waals surface area contributed by atoms with Gasteiger partial charge in [-0.1, -0.05) is 0 Å². The fourth-order valence-corrected chi connectivity index (χ4v) is 5.12. The molecule has 0 bridgehead atoms. The lowest BCUT2D eigenvalue weighted by Crippen LogP contribution is -2.38. The van der Waals surface area contributed by atoms with E-state index in [9.17, 15) is 13.2 Å². The molecular weight excluding hydrogens is 330 g/mol. The number of nitrogens with one attached hydrogen (secondary N) is 1. The highest BCUT2D eigenvalue weighted by Gasteiger charge is 2.45. The second kappa shape index (κ2) is 5.82. The van der Waals surface area contributed by atoms with Gasteiger partial charge in [-0.15, -0.1) is 0 Å². The Morgan fingerprint density at radius 2 is 2.21 bits per heavy atom. The van der Waals surface area contributed by atoms with Crippen molar-refractivity contribution in [2.75, 3.05) is 20.1 Å². The maximum absolute atomic E-state index is 12.9. The van der Waals surface area contributed by atoms with E-state index in [0.717, 1.165) is 37.2 Å². The molecule has 8 nitrogen and oxygen atoms in total. The van der Waals surface area contributed by atoms with Crippen molar-refractivity contribution in [2.45, 2.75) is 50.2 Å². The van der Waals surface area contributed by atoms with Crippen molar-refractivity contribution < 1.29 is 13.2 Å². The molecule has 4 rings (SSSR count). The highest BCUT2D eigenvalue weighted by atomic mass is 32.2. The van der Waals surface area contributed by atoms with E-state index in [1.807, 2.05) is 4.68 Å². The molecule has 2 fully saturated rings. The second-order valence-corrected chi connectivity index (χ2v) is 9.24. The zero-order valence-electron chi connectivity index (χ0n) is 13.8. The number of sulfonamides is 1. The summed E-state index contributed by atoms with van der Waals surface area (Å²) >= 11 is 0. The van der Waals surface area contributed by atoms with E-state index in [4.69, 9.17) is 0 Å². The SMILES string of the molecule is CN(Cc1cnn2c1CNCC2)S(=O)(=O)C1CC(=O)N(C2CC2)C1. The van der Waals surface area contributed by atoms with E-state index >= 15 is 0 Å². The summed E-state index contributed by atoms with van der Waals surface area (Å²) in [5.74, 6) is -0.0217. The molecule has 1 saturated heterocycles.